The molecule has 248 valence electrons. The molecule has 2 amide bonds. The van der Waals surface area contributed by atoms with Gasteiger partial charge in [0.15, 0.2) is 0 Å². The second-order valence-electron chi connectivity index (χ2n) is 11.9. The predicted molar refractivity (Wildman–Crippen MR) is 173 cm³/mol. The number of halogens is 2. The first-order chi connectivity index (χ1) is 22.0. The number of carboxylic acids is 1. The molecular formula is C31H38Cl2N6O6S. The Morgan fingerprint density at radius 3 is 2.48 bits per heavy atom. The number of aromatic nitrogens is 3. The number of aryl methyl sites for hydroxylation is 1. The van der Waals surface area contributed by atoms with Gasteiger partial charge in [-0.05, 0) is 68.7 Å². The maximum atomic E-state index is 13.3. The zero-order valence-corrected chi connectivity index (χ0v) is 27.9. The lowest BCUT2D eigenvalue weighted by molar-refractivity contribution is -0.143. The molecule has 2 aromatic heterocycles. The van der Waals surface area contributed by atoms with Crippen LogP contribution in [0.3, 0.4) is 0 Å². The summed E-state index contributed by atoms with van der Waals surface area (Å²) in [4.78, 5) is 48.9. The molecule has 2 atom stereocenters. The Morgan fingerprint density at radius 1 is 1.09 bits per heavy atom. The first-order valence-corrected chi connectivity index (χ1v) is 17.8. The van der Waals surface area contributed by atoms with Crippen LogP contribution in [0, 0.1) is 5.92 Å². The molecule has 1 aromatic carbocycles. The molecule has 4 heterocycles. The van der Waals surface area contributed by atoms with Crippen molar-refractivity contribution in [1.82, 2.24) is 29.1 Å². The summed E-state index contributed by atoms with van der Waals surface area (Å²) in [5, 5.41) is 12.6. The van der Waals surface area contributed by atoms with Crippen molar-refractivity contribution in [3.05, 3.63) is 52.5 Å². The van der Waals surface area contributed by atoms with E-state index in [9.17, 15) is 27.9 Å². The van der Waals surface area contributed by atoms with Gasteiger partial charge in [-0.3, -0.25) is 14.6 Å². The number of likely N-dealkylation sites (tertiary alicyclic amines) is 1. The molecule has 0 unspecified atom stereocenters. The van der Waals surface area contributed by atoms with Crippen molar-refractivity contribution in [1.29, 1.82) is 0 Å². The Labute approximate surface area is 278 Å². The molecule has 2 fully saturated rings. The molecule has 3 aromatic rings. The smallest absolute Gasteiger partial charge is 0.326 e. The van der Waals surface area contributed by atoms with E-state index < -0.39 is 34.0 Å². The maximum absolute atomic E-state index is 13.3. The number of carbonyl (C=O) groups is 3. The molecule has 0 saturated carbocycles. The van der Waals surface area contributed by atoms with E-state index >= 15 is 0 Å². The normalized spacial score (nSPS) is 18.6. The summed E-state index contributed by atoms with van der Waals surface area (Å²) in [6.07, 6.45) is 7.51. The van der Waals surface area contributed by atoms with Crippen molar-refractivity contribution in [2.45, 2.75) is 81.8 Å². The third-order valence-electron chi connectivity index (χ3n) is 8.72. The highest BCUT2D eigenvalue weighted by Crippen LogP contribution is 2.30. The number of pyridine rings is 1. The van der Waals surface area contributed by atoms with Crippen LogP contribution in [0.15, 0.2) is 41.6 Å². The number of carbonyl (C=O) groups excluding carboxylic acids is 2. The minimum atomic E-state index is -4.12. The number of imidazole rings is 1. The average Bonchev–Trinajstić information content (AvgIpc) is 3.65. The van der Waals surface area contributed by atoms with Gasteiger partial charge in [-0.1, -0.05) is 30.1 Å². The van der Waals surface area contributed by atoms with Crippen LogP contribution in [0.1, 0.15) is 57.7 Å². The molecular weight excluding hydrogens is 655 g/mol. The Hall–Kier alpha value is -3.26. The third-order valence-corrected chi connectivity index (χ3v) is 11.0. The van der Waals surface area contributed by atoms with Gasteiger partial charge in [0.25, 0.3) is 0 Å². The lowest BCUT2D eigenvalue weighted by Crippen LogP contribution is -2.51. The number of nitrogens with zero attached hydrogens (tertiary/aromatic N) is 5. The zero-order chi connectivity index (χ0) is 33.0. The van der Waals surface area contributed by atoms with E-state index in [4.69, 9.17) is 28.2 Å². The lowest BCUT2D eigenvalue weighted by atomic mass is 9.96. The van der Waals surface area contributed by atoms with Crippen LogP contribution >= 0.6 is 23.2 Å². The van der Waals surface area contributed by atoms with Gasteiger partial charge in [-0.15, -0.1) is 0 Å². The quantitative estimate of drug-likeness (QED) is 0.287. The van der Waals surface area contributed by atoms with Crippen LogP contribution in [0.25, 0.3) is 11.0 Å². The van der Waals surface area contributed by atoms with Gasteiger partial charge in [0.1, 0.15) is 23.4 Å². The number of aliphatic carboxylic acids is 1. The molecule has 0 radical (unpaired) electrons. The van der Waals surface area contributed by atoms with Gasteiger partial charge in [0.2, 0.25) is 21.8 Å². The number of rotatable bonds is 12. The first kappa shape index (κ1) is 34.1. The average molecular weight is 694 g/mol. The maximum Gasteiger partial charge on any atom is 0.326 e. The van der Waals surface area contributed by atoms with Gasteiger partial charge in [0, 0.05) is 55.3 Å². The highest BCUT2D eigenvalue weighted by atomic mass is 35.5. The van der Waals surface area contributed by atoms with Gasteiger partial charge in [-0.2, -0.15) is 4.31 Å². The van der Waals surface area contributed by atoms with Crippen molar-refractivity contribution in [2.75, 3.05) is 19.6 Å². The van der Waals surface area contributed by atoms with Crippen LogP contribution in [-0.4, -0.2) is 86.8 Å². The van der Waals surface area contributed by atoms with E-state index in [2.05, 4.69) is 21.8 Å². The van der Waals surface area contributed by atoms with Crippen molar-refractivity contribution < 1.29 is 27.9 Å². The van der Waals surface area contributed by atoms with Gasteiger partial charge in [0.05, 0.1) is 16.6 Å². The first-order valence-electron chi connectivity index (χ1n) is 15.6. The highest BCUT2D eigenvalue weighted by Gasteiger charge is 2.41. The van der Waals surface area contributed by atoms with Crippen LogP contribution in [-0.2, 0) is 37.4 Å². The Bertz CT molecular complexity index is 1690. The molecule has 2 aliphatic heterocycles. The summed E-state index contributed by atoms with van der Waals surface area (Å²) in [6.45, 7) is 4.15. The fourth-order valence-corrected chi connectivity index (χ4v) is 8.71. The Kier molecular flexibility index (Phi) is 10.9. The molecule has 12 nitrogen and oxygen atoms in total. The summed E-state index contributed by atoms with van der Waals surface area (Å²) in [5.41, 5.74) is 1.94. The molecule has 0 bridgehead atoms. The summed E-state index contributed by atoms with van der Waals surface area (Å²) in [6, 6.07) is 3.46. The Balaban J connectivity index is 1.15. The van der Waals surface area contributed by atoms with Gasteiger partial charge >= 0.3 is 5.97 Å². The lowest BCUT2D eigenvalue weighted by Gasteiger charge is -2.33. The fourth-order valence-electron chi connectivity index (χ4n) is 6.33. The highest BCUT2D eigenvalue weighted by molar-refractivity contribution is 7.89. The summed E-state index contributed by atoms with van der Waals surface area (Å²) in [7, 11) is -4.12. The van der Waals surface area contributed by atoms with E-state index in [1.54, 1.807) is 17.3 Å². The Morgan fingerprint density at radius 2 is 1.80 bits per heavy atom. The predicted octanol–water partition coefficient (Wildman–Crippen LogP) is 4.13. The van der Waals surface area contributed by atoms with Crippen LogP contribution in [0.4, 0.5) is 0 Å². The van der Waals surface area contributed by atoms with Crippen molar-refractivity contribution in [3.8, 4) is 0 Å². The molecule has 46 heavy (non-hydrogen) atoms. The van der Waals surface area contributed by atoms with Crippen LogP contribution in [0.5, 0.6) is 0 Å². The van der Waals surface area contributed by atoms with E-state index in [-0.39, 0.29) is 46.7 Å². The molecule has 15 heteroatoms. The molecule has 2 N–H and O–H groups in total. The topological polar surface area (TPSA) is 155 Å². The largest absolute Gasteiger partial charge is 0.480 e. The standard InChI is InChI=1S/C31H38Cl2N6O6S/c1-2-4-28-35-25-18-34-11-8-26(25)38(28)19-20-9-13-37(14-10-20)29(40)7-6-24(31(42)43)36-30(41)27-5-3-12-39(27)46(44,45)23-16-21(32)15-22(33)17-23/h8,11,15-18,20,24,27H,2-7,9-10,12-14,19H2,1H3,(H,36,41)(H,42,43)/t24-,27-/m0/s1. The van der Waals surface area contributed by atoms with Gasteiger partial charge < -0.3 is 19.9 Å². The summed E-state index contributed by atoms with van der Waals surface area (Å²) < 4.78 is 30.0. The number of sulfonamides is 1. The van der Waals surface area contributed by atoms with Crippen molar-refractivity contribution in [2.24, 2.45) is 5.92 Å². The number of fused-ring (bicyclic) bond motifs is 1. The molecule has 0 spiro atoms. The van der Waals surface area contributed by atoms with E-state index in [1.807, 2.05) is 6.07 Å². The number of amides is 2. The van der Waals surface area contributed by atoms with E-state index in [0.717, 1.165) is 53.4 Å². The SMILES string of the molecule is CCCc1nc2cnccc2n1CC1CCN(C(=O)CC[C@H](NC(=O)[C@@H]2CCCN2S(=O)(=O)c2cc(Cl)cc(Cl)c2)C(=O)O)CC1. The number of piperidine rings is 1. The molecule has 5 rings (SSSR count). The second-order valence-corrected chi connectivity index (χ2v) is 14.7. The molecule has 2 aliphatic rings. The summed E-state index contributed by atoms with van der Waals surface area (Å²) in [5.74, 6) is -0.782. The van der Waals surface area contributed by atoms with Crippen molar-refractivity contribution >= 4 is 62.0 Å². The molecule has 0 aliphatic carbocycles. The third kappa shape index (κ3) is 7.64. The monoisotopic (exact) mass is 692 g/mol. The van der Waals surface area contributed by atoms with Crippen LogP contribution < -0.4 is 5.32 Å². The molecule has 2 saturated heterocycles. The number of nitrogens with one attached hydrogen (secondary N) is 1. The van der Waals surface area contributed by atoms with E-state index in [1.165, 1.54) is 18.2 Å². The number of benzene rings is 1. The minimum absolute atomic E-state index is 0.0601. The minimum Gasteiger partial charge on any atom is -0.480 e. The van der Waals surface area contributed by atoms with Gasteiger partial charge in [-0.25, -0.2) is 18.2 Å². The number of carboxylic acid groups (broad SMARTS) is 1. The van der Waals surface area contributed by atoms with E-state index in [0.29, 0.717) is 25.4 Å². The summed E-state index contributed by atoms with van der Waals surface area (Å²) >= 11 is 12.0. The van der Waals surface area contributed by atoms with Crippen molar-refractivity contribution in [3.63, 3.8) is 0 Å². The number of hydrogen-bond acceptors (Lipinski definition) is 7. The second kappa shape index (κ2) is 14.7. The fraction of sp³-hybridized carbons (Fsp3) is 0.516. The zero-order valence-electron chi connectivity index (χ0n) is 25.6. The van der Waals surface area contributed by atoms with Crippen LogP contribution in [0.2, 0.25) is 10.0 Å². The number of hydrogen-bond donors (Lipinski definition) is 2.